The first-order chi connectivity index (χ1) is 8.71. The fourth-order valence-corrected chi connectivity index (χ4v) is 2.87. The quantitative estimate of drug-likeness (QED) is 0.728. The van der Waals surface area contributed by atoms with E-state index in [0.29, 0.717) is 6.04 Å². The van der Waals surface area contributed by atoms with Gasteiger partial charge in [0.15, 0.2) is 0 Å². The van der Waals surface area contributed by atoms with Crippen LogP contribution in [0.3, 0.4) is 0 Å². The van der Waals surface area contributed by atoms with E-state index in [1.807, 2.05) is 0 Å². The summed E-state index contributed by atoms with van der Waals surface area (Å²) in [4.78, 5) is 0. The molecule has 1 fully saturated rings. The Morgan fingerprint density at radius 3 is 1.95 bits per heavy atom. The maximum absolute atomic E-state index is 6.29. The van der Waals surface area contributed by atoms with Crippen molar-refractivity contribution < 1.29 is 0 Å². The van der Waals surface area contributed by atoms with Crippen molar-refractivity contribution in [3.63, 3.8) is 0 Å². The fraction of sp³-hybridized carbons (Fsp3) is 0.625. The number of nitrogens with two attached hydrogens (primary N) is 1. The van der Waals surface area contributed by atoms with Gasteiger partial charge >= 0.3 is 0 Å². The van der Waals surface area contributed by atoms with Crippen LogP contribution in [0.15, 0.2) is 12.1 Å². The molecule has 3 unspecified atom stereocenters. The lowest BCUT2D eigenvalue weighted by atomic mass is 9.82. The molecule has 0 bridgehead atoms. The van der Waals surface area contributed by atoms with Crippen molar-refractivity contribution >= 4 is 0 Å². The van der Waals surface area contributed by atoms with E-state index < -0.39 is 0 Å². The van der Waals surface area contributed by atoms with E-state index in [4.69, 9.17) is 5.73 Å². The van der Waals surface area contributed by atoms with E-state index in [1.165, 1.54) is 22.3 Å². The number of hydrazine groups is 1. The molecule has 19 heavy (non-hydrogen) atoms. The van der Waals surface area contributed by atoms with Crippen LogP contribution in [0, 0.1) is 13.8 Å². The largest absolute Gasteiger partial charge is 0.325 e. The van der Waals surface area contributed by atoms with Crippen LogP contribution in [0.1, 0.15) is 56.0 Å². The van der Waals surface area contributed by atoms with E-state index in [2.05, 4.69) is 64.5 Å². The van der Waals surface area contributed by atoms with Gasteiger partial charge in [0.1, 0.15) is 0 Å². The predicted octanol–water partition coefficient (Wildman–Crippen LogP) is 2.47. The maximum Gasteiger partial charge on any atom is 0.0634 e. The Hall–Kier alpha value is -0.900. The molecule has 1 aliphatic rings. The molecule has 1 aliphatic heterocycles. The topological polar surface area (TPSA) is 50.1 Å². The predicted molar refractivity (Wildman–Crippen MR) is 81.1 cm³/mol. The van der Waals surface area contributed by atoms with Crippen molar-refractivity contribution in [1.29, 1.82) is 0 Å². The van der Waals surface area contributed by atoms with Gasteiger partial charge in [-0.15, -0.1) is 0 Å². The van der Waals surface area contributed by atoms with Crippen molar-refractivity contribution in [2.24, 2.45) is 5.73 Å². The average Bonchev–Trinajstić information content (AvgIpc) is 2.59. The van der Waals surface area contributed by atoms with Gasteiger partial charge in [-0.05, 0) is 48.4 Å². The summed E-state index contributed by atoms with van der Waals surface area (Å²) in [6.45, 7) is 13.3. The number of rotatable bonds is 1. The van der Waals surface area contributed by atoms with E-state index in [1.54, 1.807) is 0 Å². The Bertz CT molecular complexity index is 450. The molecular weight excluding hydrogens is 234 g/mol. The smallest absolute Gasteiger partial charge is 0.0634 e. The van der Waals surface area contributed by atoms with Gasteiger partial charge in [0.05, 0.1) is 6.04 Å². The highest BCUT2D eigenvalue weighted by Gasteiger charge is 2.33. The monoisotopic (exact) mass is 261 g/mol. The van der Waals surface area contributed by atoms with E-state index in [-0.39, 0.29) is 17.5 Å². The summed E-state index contributed by atoms with van der Waals surface area (Å²) >= 11 is 0. The van der Waals surface area contributed by atoms with Crippen molar-refractivity contribution in [2.75, 3.05) is 0 Å². The first-order valence-electron chi connectivity index (χ1n) is 7.10. The standard InChI is InChI=1S/C16H27N3/c1-9-7-12(16(4,5)6)8-10(2)13(9)15-14(17)11(3)18-19-15/h7-8,11,14-15,18-19H,17H2,1-6H3. The minimum Gasteiger partial charge on any atom is -0.325 e. The molecule has 4 N–H and O–H groups in total. The van der Waals surface area contributed by atoms with E-state index in [0.717, 1.165) is 0 Å². The third-order valence-electron chi connectivity index (χ3n) is 4.20. The molecule has 1 aromatic carbocycles. The number of benzene rings is 1. The maximum atomic E-state index is 6.29. The fourth-order valence-electron chi connectivity index (χ4n) is 2.87. The molecule has 3 atom stereocenters. The third kappa shape index (κ3) is 2.69. The summed E-state index contributed by atoms with van der Waals surface area (Å²) in [7, 11) is 0. The highest BCUT2D eigenvalue weighted by molar-refractivity contribution is 5.43. The van der Waals surface area contributed by atoms with E-state index in [9.17, 15) is 0 Å². The SMILES string of the molecule is Cc1cc(C(C)(C)C)cc(C)c1C1NNC(C)C1N. The zero-order valence-corrected chi connectivity index (χ0v) is 13.0. The molecule has 2 rings (SSSR count). The highest BCUT2D eigenvalue weighted by Crippen LogP contribution is 2.32. The summed E-state index contributed by atoms with van der Waals surface area (Å²) in [5.41, 5.74) is 18.4. The summed E-state index contributed by atoms with van der Waals surface area (Å²) in [5, 5.41) is 0. The van der Waals surface area contributed by atoms with Gasteiger partial charge in [-0.25, -0.2) is 5.43 Å². The number of nitrogens with one attached hydrogen (secondary N) is 2. The molecule has 1 aromatic rings. The Morgan fingerprint density at radius 2 is 1.58 bits per heavy atom. The number of aryl methyl sites for hydroxylation is 2. The molecule has 1 saturated heterocycles. The Balaban J connectivity index is 2.43. The minimum absolute atomic E-state index is 0.109. The second kappa shape index (κ2) is 4.89. The lowest BCUT2D eigenvalue weighted by molar-refractivity contribution is 0.541. The second-order valence-electron chi connectivity index (χ2n) is 6.91. The van der Waals surface area contributed by atoms with Crippen LogP contribution >= 0.6 is 0 Å². The summed E-state index contributed by atoms with van der Waals surface area (Å²) in [5.74, 6) is 0. The molecule has 1 heterocycles. The van der Waals surface area contributed by atoms with Crippen LogP contribution in [0.2, 0.25) is 0 Å². The molecule has 0 aliphatic carbocycles. The summed E-state index contributed by atoms with van der Waals surface area (Å²) < 4.78 is 0. The van der Waals surface area contributed by atoms with Crippen LogP contribution in [0.5, 0.6) is 0 Å². The van der Waals surface area contributed by atoms with Gasteiger partial charge < -0.3 is 5.73 Å². The lowest BCUT2D eigenvalue weighted by Crippen LogP contribution is -2.36. The lowest BCUT2D eigenvalue weighted by Gasteiger charge is -2.26. The highest BCUT2D eigenvalue weighted by atomic mass is 15.4. The van der Waals surface area contributed by atoms with Crippen molar-refractivity contribution in [3.8, 4) is 0 Å². The van der Waals surface area contributed by atoms with Crippen LogP contribution in [0.4, 0.5) is 0 Å². The van der Waals surface area contributed by atoms with Crippen LogP contribution < -0.4 is 16.6 Å². The number of hydrogen-bond acceptors (Lipinski definition) is 3. The van der Waals surface area contributed by atoms with Crippen molar-refractivity contribution in [1.82, 2.24) is 10.9 Å². The van der Waals surface area contributed by atoms with Crippen LogP contribution in [-0.4, -0.2) is 12.1 Å². The molecule has 3 nitrogen and oxygen atoms in total. The average molecular weight is 261 g/mol. The van der Waals surface area contributed by atoms with Crippen LogP contribution in [-0.2, 0) is 5.41 Å². The molecular formula is C16H27N3. The Morgan fingerprint density at radius 1 is 1.05 bits per heavy atom. The molecule has 106 valence electrons. The van der Waals surface area contributed by atoms with Crippen molar-refractivity contribution in [2.45, 2.75) is 65.1 Å². The molecule has 0 spiro atoms. The van der Waals surface area contributed by atoms with Crippen LogP contribution in [0.25, 0.3) is 0 Å². The van der Waals surface area contributed by atoms with Crippen molar-refractivity contribution in [3.05, 3.63) is 34.4 Å². The molecule has 0 saturated carbocycles. The zero-order chi connectivity index (χ0) is 14.4. The summed E-state index contributed by atoms with van der Waals surface area (Å²) in [6.07, 6.45) is 0. The number of hydrogen-bond donors (Lipinski definition) is 3. The molecule has 0 radical (unpaired) electrons. The third-order valence-corrected chi connectivity index (χ3v) is 4.20. The van der Waals surface area contributed by atoms with Gasteiger partial charge in [-0.3, -0.25) is 5.43 Å². The first-order valence-corrected chi connectivity index (χ1v) is 7.10. The molecule has 3 heteroatoms. The Labute approximate surface area is 116 Å². The second-order valence-corrected chi connectivity index (χ2v) is 6.91. The van der Waals surface area contributed by atoms with Gasteiger partial charge in [0, 0.05) is 12.1 Å². The molecule has 0 aromatic heterocycles. The summed E-state index contributed by atoms with van der Waals surface area (Å²) in [6, 6.07) is 5.22. The normalized spacial score (nSPS) is 27.8. The van der Waals surface area contributed by atoms with Gasteiger partial charge in [-0.1, -0.05) is 32.9 Å². The minimum atomic E-state index is 0.109. The first kappa shape index (κ1) is 14.5. The van der Waals surface area contributed by atoms with E-state index >= 15 is 0 Å². The van der Waals surface area contributed by atoms with Gasteiger partial charge in [0.2, 0.25) is 0 Å². The Kier molecular flexibility index (Phi) is 3.74. The zero-order valence-electron chi connectivity index (χ0n) is 13.0. The molecule has 0 amide bonds. The van der Waals surface area contributed by atoms with Gasteiger partial charge in [0.25, 0.3) is 0 Å². The van der Waals surface area contributed by atoms with Gasteiger partial charge in [-0.2, -0.15) is 0 Å².